The Morgan fingerprint density at radius 1 is 1.32 bits per heavy atom. The predicted octanol–water partition coefficient (Wildman–Crippen LogP) is 3.10. The first kappa shape index (κ1) is 20.8. The summed E-state index contributed by atoms with van der Waals surface area (Å²) in [5.41, 5.74) is 2.04. The number of para-hydroxylation sites is 1. The molecule has 0 bridgehead atoms. The van der Waals surface area contributed by atoms with Crippen molar-refractivity contribution in [3.8, 4) is 5.75 Å². The second-order valence-corrected chi connectivity index (χ2v) is 7.85. The van der Waals surface area contributed by atoms with Crippen molar-refractivity contribution in [2.75, 3.05) is 39.4 Å². The molecule has 6 nitrogen and oxygen atoms in total. The molecule has 0 unspecified atom stereocenters. The van der Waals surface area contributed by atoms with Crippen LogP contribution in [0, 0.1) is 6.92 Å². The van der Waals surface area contributed by atoms with Crippen molar-refractivity contribution in [2.24, 2.45) is 0 Å². The van der Waals surface area contributed by atoms with E-state index in [9.17, 15) is 4.79 Å². The number of morpholine rings is 1. The fourth-order valence-corrected chi connectivity index (χ4v) is 3.84. The highest BCUT2D eigenvalue weighted by atomic mass is 32.1. The average molecular weight is 404 g/mol. The molecule has 0 atom stereocenters. The molecule has 0 spiro atoms. The van der Waals surface area contributed by atoms with Crippen LogP contribution in [0.25, 0.3) is 0 Å². The highest BCUT2D eigenvalue weighted by Crippen LogP contribution is 2.19. The number of hydrogen-bond acceptors (Lipinski definition) is 6. The van der Waals surface area contributed by atoms with Gasteiger partial charge in [-0.15, -0.1) is 11.3 Å². The molecule has 2 aromatic rings. The minimum Gasteiger partial charge on any atom is -0.486 e. The molecular formula is C21H29N3O3S. The van der Waals surface area contributed by atoms with E-state index in [4.69, 9.17) is 9.47 Å². The highest BCUT2D eigenvalue weighted by molar-refractivity contribution is 7.09. The predicted molar refractivity (Wildman–Crippen MR) is 111 cm³/mol. The minimum atomic E-state index is 0.166. The van der Waals surface area contributed by atoms with Crippen molar-refractivity contribution >= 4 is 17.2 Å². The van der Waals surface area contributed by atoms with E-state index in [1.807, 2.05) is 48.4 Å². The summed E-state index contributed by atoms with van der Waals surface area (Å²) in [6.07, 6.45) is 0.510. The topological polar surface area (TPSA) is 54.9 Å². The molecule has 0 aliphatic carbocycles. The van der Waals surface area contributed by atoms with Gasteiger partial charge in [0.25, 0.3) is 0 Å². The molecule has 3 rings (SSSR count). The van der Waals surface area contributed by atoms with Crippen LogP contribution < -0.4 is 4.74 Å². The van der Waals surface area contributed by atoms with Crippen LogP contribution in [-0.4, -0.2) is 60.1 Å². The summed E-state index contributed by atoms with van der Waals surface area (Å²) >= 11 is 1.58. The largest absolute Gasteiger partial charge is 0.486 e. The first-order chi connectivity index (χ1) is 13.7. The van der Waals surface area contributed by atoms with Gasteiger partial charge in [0.2, 0.25) is 5.91 Å². The summed E-state index contributed by atoms with van der Waals surface area (Å²) in [6, 6.07) is 7.97. The Morgan fingerprint density at radius 2 is 2.11 bits per heavy atom. The van der Waals surface area contributed by atoms with Crippen LogP contribution in [0.4, 0.5) is 0 Å². The monoisotopic (exact) mass is 403 g/mol. The molecule has 1 aliphatic rings. The quantitative estimate of drug-likeness (QED) is 0.644. The minimum absolute atomic E-state index is 0.166. The number of aromatic nitrogens is 1. The van der Waals surface area contributed by atoms with Gasteiger partial charge in [0.05, 0.1) is 25.5 Å². The van der Waals surface area contributed by atoms with Gasteiger partial charge < -0.3 is 14.4 Å². The lowest BCUT2D eigenvalue weighted by Gasteiger charge is -2.29. The fraction of sp³-hybridized carbons (Fsp3) is 0.524. The van der Waals surface area contributed by atoms with Crippen LogP contribution in [0.2, 0.25) is 0 Å². The van der Waals surface area contributed by atoms with E-state index in [0.29, 0.717) is 19.6 Å². The Balaban J connectivity index is 1.53. The van der Waals surface area contributed by atoms with Gasteiger partial charge in [0.15, 0.2) is 0 Å². The standard InChI is InChI=1S/C21H29N3O3S/c1-3-21(25)24(9-8-23-10-12-26-13-11-23)14-18-16-28-20(22-18)15-27-19-7-5-4-6-17(19)2/h4-7,16H,3,8-15H2,1-2H3. The number of benzene rings is 1. The number of carbonyl (C=O) groups excluding carboxylic acids is 1. The van der Waals surface area contributed by atoms with Gasteiger partial charge in [-0.1, -0.05) is 25.1 Å². The number of ether oxygens (including phenoxy) is 2. The number of carbonyl (C=O) groups is 1. The summed E-state index contributed by atoms with van der Waals surface area (Å²) < 4.78 is 11.3. The SMILES string of the molecule is CCC(=O)N(CCN1CCOCC1)Cc1csc(COc2ccccc2C)n1. The second kappa shape index (κ2) is 10.5. The lowest BCUT2D eigenvalue weighted by Crippen LogP contribution is -2.42. The molecular weight excluding hydrogens is 374 g/mol. The zero-order valence-electron chi connectivity index (χ0n) is 16.7. The van der Waals surface area contributed by atoms with Crippen LogP contribution >= 0.6 is 11.3 Å². The van der Waals surface area contributed by atoms with E-state index < -0.39 is 0 Å². The second-order valence-electron chi connectivity index (χ2n) is 6.91. The Morgan fingerprint density at radius 3 is 2.86 bits per heavy atom. The summed E-state index contributed by atoms with van der Waals surface area (Å²) in [4.78, 5) is 21.3. The summed E-state index contributed by atoms with van der Waals surface area (Å²) in [5, 5.41) is 2.96. The number of rotatable bonds is 9. The van der Waals surface area contributed by atoms with Gasteiger partial charge in [-0.3, -0.25) is 9.69 Å². The van der Waals surface area contributed by atoms with E-state index in [2.05, 4.69) is 9.88 Å². The molecule has 0 saturated carbocycles. The highest BCUT2D eigenvalue weighted by Gasteiger charge is 2.17. The van der Waals surface area contributed by atoms with Crippen molar-refractivity contribution in [2.45, 2.75) is 33.4 Å². The summed E-state index contributed by atoms with van der Waals surface area (Å²) in [6.45, 7) is 9.97. The first-order valence-corrected chi connectivity index (χ1v) is 10.7. The van der Waals surface area contributed by atoms with E-state index in [0.717, 1.165) is 61.4 Å². The van der Waals surface area contributed by atoms with Gasteiger partial charge in [0.1, 0.15) is 17.4 Å². The third-order valence-corrected chi connectivity index (χ3v) is 5.71. The van der Waals surface area contributed by atoms with E-state index in [1.165, 1.54) is 0 Å². The first-order valence-electron chi connectivity index (χ1n) is 9.85. The maximum Gasteiger partial charge on any atom is 0.222 e. The molecule has 1 aliphatic heterocycles. The third kappa shape index (κ3) is 6.02. The molecule has 7 heteroatoms. The number of hydrogen-bond donors (Lipinski definition) is 0. The van der Waals surface area contributed by atoms with Gasteiger partial charge in [-0.2, -0.15) is 0 Å². The van der Waals surface area contributed by atoms with Crippen LogP contribution in [0.3, 0.4) is 0 Å². The van der Waals surface area contributed by atoms with Gasteiger partial charge >= 0.3 is 0 Å². The van der Waals surface area contributed by atoms with Crippen molar-refractivity contribution in [1.29, 1.82) is 0 Å². The third-order valence-electron chi connectivity index (χ3n) is 4.84. The molecule has 1 fully saturated rings. The van der Waals surface area contributed by atoms with E-state index in [-0.39, 0.29) is 5.91 Å². The lowest BCUT2D eigenvalue weighted by molar-refractivity contribution is -0.131. The Hall–Kier alpha value is -1.96. The molecule has 0 radical (unpaired) electrons. The zero-order valence-corrected chi connectivity index (χ0v) is 17.5. The molecule has 0 N–H and O–H groups in total. The fourth-order valence-electron chi connectivity index (χ4n) is 3.14. The van der Waals surface area contributed by atoms with Crippen LogP contribution in [0.15, 0.2) is 29.6 Å². The lowest BCUT2D eigenvalue weighted by atomic mass is 10.2. The van der Waals surface area contributed by atoms with Crippen LogP contribution in [0.1, 0.15) is 29.6 Å². The molecule has 1 aromatic carbocycles. The Kier molecular flexibility index (Phi) is 7.82. The number of thiazole rings is 1. The van der Waals surface area contributed by atoms with Gasteiger partial charge in [-0.25, -0.2) is 4.98 Å². The van der Waals surface area contributed by atoms with Crippen LogP contribution in [-0.2, 0) is 22.7 Å². The van der Waals surface area contributed by atoms with Gasteiger partial charge in [0, 0.05) is 38.0 Å². The number of aryl methyl sites for hydroxylation is 1. The molecule has 1 saturated heterocycles. The van der Waals surface area contributed by atoms with Gasteiger partial charge in [-0.05, 0) is 18.6 Å². The smallest absolute Gasteiger partial charge is 0.222 e. The maximum absolute atomic E-state index is 12.4. The summed E-state index contributed by atoms with van der Waals surface area (Å²) in [7, 11) is 0. The zero-order chi connectivity index (χ0) is 19.8. The van der Waals surface area contributed by atoms with Crippen molar-refractivity contribution < 1.29 is 14.3 Å². The van der Waals surface area contributed by atoms with Crippen molar-refractivity contribution in [3.63, 3.8) is 0 Å². The Labute approximate surface area is 171 Å². The number of nitrogens with zero attached hydrogens (tertiary/aromatic N) is 3. The molecule has 1 amide bonds. The molecule has 1 aromatic heterocycles. The Bertz CT molecular complexity index is 759. The van der Waals surface area contributed by atoms with E-state index >= 15 is 0 Å². The maximum atomic E-state index is 12.4. The molecule has 28 heavy (non-hydrogen) atoms. The van der Waals surface area contributed by atoms with Crippen molar-refractivity contribution in [1.82, 2.24) is 14.8 Å². The van der Waals surface area contributed by atoms with E-state index in [1.54, 1.807) is 11.3 Å². The molecule has 2 heterocycles. The van der Waals surface area contributed by atoms with Crippen LogP contribution in [0.5, 0.6) is 5.75 Å². The molecule has 152 valence electrons. The number of amides is 1. The average Bonchev–Trinajstić information content (AvgIpc) is 3.18. The summed E-state index contributed by atoms with van der Waals surface area (Å²) in [5.74, 6) is 1.05. The normalized spacial score (nSPS) is 14.8. The van der Waals surface area contributed by atoms with Crippen molar-refractivity contribution in [3.05, 3.63) is 45.9 Å².